The van der Waals surface area contributed by atoms with Crippen molar-refractivity contribution < 1.29 is 4.79 Å². The van der Waals surface area contributed by atoms with E-state index in [1.807, 2.05) is 43.3 Å². The van der Waals surface area contributed by atoms with E-state index < -0.39 is 5.69 Å². The number of amides is 1. The van der Waals surface area contributed by atoms with E-state index in [4.69, 9.17) is 23.2 Å². The molecule has 5 nitrogen and oxygen atoms in total. The molecule has 0 aliphatic rings. The molecule has 0 saturated heterocycles. The molecule has 1 heterocycles. The van der Waals surface area contributed by atoms with Gasteiger partial charge in [-0.3, -0.25) is 9.36 Å². The lowest BCUT2D eigenvalue weighted by atomic mass is 10.1. The van der Waals surface area contributed by atoms with Crippen molar-refractivity contribution >= 4 is 45.7 Å². The van der Waals surface area contributed by atoms with E-state index in [1.165, 1.54) is 4.57 Å². The van der Waals surface area contributed by atoms with E-state index in [-0.39, 0.29) is 12.5 Å². The Morgan fingerprint density at radius 1 is 1.03 bits per heavy atom. The Kier molecular flexibility index (Phi) is 5.57. The van der Waals surface area contributed by atoms with E-state index in [0.29, 0.717) is 32.3 Å². The third-order valence-electron chi connectivity index (χ3n) is 4.75. The SMILES string of the molecule is Cc1ccc(NC(=O)Cn2c(=O)nc(-c3ccccc3)c3cc(Cl)ccc32)cc1Cl. The monoisotopic (exact) mass is 437 g/mol. The molecule has 0 bridgehead atoms. The molecule has 4 aromatic rings. The first kappa shape index (κ1) is 20.1. The van der Waals surface area contributed by atoms with Gasteiger partial charge >= 0.3 is 5.69 Å². The average Bonchev–Trinajstić information content (AvgIpc) is 2.73. The minimum atomic E-state index is -0.513. The fourth-order valence-electron chi connectivity index (χ4n) is 3.24. The zero-order valence-corrected chi connectivity index (χ0v) is 17.5. The number of aryl methyl sites for hydroxylation is 1. The topological polar surface area (TPSA) is 64.0 Å². The van der Waals surface area contributed by atoms with E-state index in [0.717, 1.165) is 11.1 Å². The molecule has 0 atom stereocenters. The van der Waals surface area contributed by atoms with Crippen LogP contribution in [0.4, 0.5) is 5.69 Å². The van der Waals surface area contributed by atoms with Crippen molar-refractivity contribution in [1.82, 2.24) is 9.55 Å². The maximum Gasteiger partial charge on any atom is 0.349 e. The summed E-state index contributed by atoms with van der Waals surface area (Å²) in [4.78, 5) is 29.7. The highest BCUT2D eigenvalue weighted by molar-refractivity contribution is 6.32. The Morgan fingerprint density at radius 2 is 1.80 bits per heavy atom. The second kappa shape index (κ2) is 8.30. The molecule has 0 spiro atoms. The molecule has 0 aliphatic carbocycles. The van der Waals surface area contributed by atoms with Gasteiger partial charge in [0.2, 0.25) is 5.91 Å². The number of aromatic nitrogens is 2. The molecule has 150 valence electrons. The number of hydrogen-bond acceptors (Lipinski definition) is 3. The van der Waals surface area contributed by atoms with Gasteiger partial charge in [0.15, 0.2) is 0 Å². The van der Waals surface area contributed by atoms with Gasteiger partial charge in [0, 0.05) is 26.7 Å². The Bertz CT molecular complexity index is 1320. The van der Waals surface area contributed by atoms with Crippen LogP contribution in [0, 0.1) is 6.92 Å². The number of anilines is 1. The second-order valence-electron chi connectivity index (χ2n) is 6.87. The van der Waals surface area contributed by atoms with Crippen molar-refractivity contribution in [2.45, 2.75) is 13.5 Å². The molecule has 1 amide bonds. The van der Waals surface area contributed by atoms with E-state index in [1.54, 1.807) is 30.3 Å². The van der Waals surface area contributed by atoms with Crippen LogP contribution >= 0.6 is 23.2 Å². The molecule has 1 N–H and O–H groups in total. The lowest BCUT2D eigenvalue weighted by molar-refractivity contribution is -0.116. The van der Waals surface area contributed by atoms with Gasteiger partial charge in [-0.25, -0.2) is 4.79 Å². The average molecular weight is 438 g/mol. The van der Waals surface area contributed by atoms with Crippen LogP contribution in [0.25, 0.3) is 22.2 Å². The summed E-state index contributed by atoms with van der Waals surface area (Å²) in [6.07, 6.45) is 0. The van der Waals surface area contributed by atoms with Crippen molar-refractivity contribution in [2.24, 2.45) is 0 Å². The third kappa shape index (κ3) is 4.08. The van der Waals surface area contributed by atoms with Crippen molar-refractivity contribution in [3.05, 3.63) is 92.8 Å². The number of nitrogens with zero attached hydrogens (tertiary/aromatic N) is 2. The summed E-state index contributed by atoms with van der Waals surface area (Å²) in [5.41, 5.74) is 2.86. The highest BCUT2D eigenvalue weighted by Gasteiger charge is 2.15. The summed E-state index contributed by atoms with van der Waals surface area (Å²) in [7, 11) is 0. The van der Waals surface area contributed by atoms with Gasteiger partial charge < -0.3 is 5.32 Å². The zero-order chi connectivity index (χ0) is 21.3. The lowest BCUT2D eigenvalue weighted by Gasteiger charge is -2.13. The molecule has 0 aliphatic heterocycles. The van der Waals surface area contributed by atoms with Crippen LogP contribution in [0.5, 0.6) is 0 Å². The zero-order valence-electron chi connectivity index (χ0n) is 16.0. The molecule has 1 aromatic heterocycles. The van der Waals surface area contributed by atoms with Crippen molar-refractivity contribution in [2.75, 3.05) is 5.32 Å². The van der Waals surface area contributed by atoms with Gasteiger partial charge in [0.1, 0.15) is 6.54 Å². The van der Waals surface area contributed by atoms with E-state index >= 15 is 0 Å². The Hall–Kier alpha value is -3.15. The van der Waals surface area contributed by atoms with Crippen LogP contribution in [-0.4, -0.2) is 15.5 Å². The van der Waals surface area contributed by atoms with Gasteiger partial charge in [-0.15, -0.1) is 0 Å². The Balaban J connectivity index is 1.74. The van der Waals surface area contributed by atoms with E-state index in [2.05, 4.69) is 10.3 Å². The predicted octanol–water partition coefficient (Wildman–Crippen LogP) is 5.32. The van der Waals surface area contributed by atoms with Crippen molar-refractivity contribution in [1.29, 1.82) is 0 Å². The molecular weight excluding hydrogens is 421 g/mol. The van der Waals surface area contributed by atoms with Gasteiger partial charge in [0.05, 0.1) is 11.2 Å². The predicted molar refractivity (Wildman–Crippen MR) is 121 cm³/mol. The first-order valence-electron chi connectivity index (χ1n) is 9.24. The summed E-state index contributed by atoms with van der Waals surface area (Å²) in [5.74, 6) is -0.359. The van der Waals surface area contributed by atoms with Crippen LogP contribution < -0.4 is 11.0 Å². The summed E-state index contributed by atoms with van der Waals surface area (Å²) in [6.45, 7) is 1.69. The molecule has 4 rings (SSSR count). The number of rotatable bonds is 4. The Labute approximate surface area is 182 Å². The fraction of sp³-hybridized carbons (Fsp3) is 0.0870. The number of nitrogens with one attached hydrogen (secondary N) is 1. The molecule has 0 radical (unpaired) electrons. The molecule has 0 saturated carbocycles. The molecule has 0 unspecified atom stereocenters. The third-order valence-corrected chi connectivity index (χ3v) is 5.39. The highest BCUT2D eigenvalue weighted by atomic mass is 35.5. The largest absolute Gasteiger partial charge is 0.349 e. The van der Waals surface area contributed by atoms with Gasteiger partial charge in [-0.1, -0.05) is 59.6 Å². The quantitative estimate of drug-likeness (QED) is 0.469. The van der Waals surface area contributed by atoms with Crippen LogP contribution in [0.2, 0.25) is 10.0 Å². The minimum absolute atomic E-state index is 0.190. The normalized spacial score (nSPS) is 10.9. The maximum absolute atomic E-state index is 12.8. The van der Waals surface area contributed by atoms with Gasteiger partial charge in [-0.2, -0.15) is 4.98 Å². The van der Waals surface area contributed by atoms with E-state index in [9.17, 15) is 9.59 Å². The van der Waals surface area contributed by atoms with Crippen LogP contribution in [0.15, 0.2) is 71.5 Å². The number of carbonyl (C=O) groups excluding carboxylic acids is 1. The molecule has 3 aromatic carbocycles. The molecule has 30 heavy (non-hydrogen) atoms. The highest BCUT2D eigenvalue weighted by Crippen LogP contribution is 2.28. The first-order chi connectivity index (χ1) is 14.4. The Morgan fingerprint density at radius 3 is 2.53 bits per heavy atom. The summed E-state index contributed by atoms with van der Waals surface area (Å²) in [5, 5.41) is 4.54. The number of benzene rings is 3. The lowest BCUT2D eigenvalue weighted by Crippen LogP contribution is -2.30. The van der Waals surface area contributed by atoms with Crippen molar-refractivity contribution in [3.63, 3.8) is 0 Å². The smallest absolute Gasteiger partial charge is 0.324 e. The van der Waals surface area contributed by atoms with Gasteiger partial charge in [-0.05, 0) is 42.8 Å². The summed E-state index contributed by atoms with van der Waals surface area (Å²) < 4.78 is 1.34. The maximum atomic E-state index is 12.8. The number of hydrogen-bond donors (Lipinski definition) is 1. The number of halogens is 2. The van der Waals surface area contributed by atoms with Crippen LogP contribution in [-0.2, 0) is 11.3 Å². The summed E-state index contributed by atoms with van der Waals surface area (Å²) in [6, 6.07) is 19.8. The minimum Gasteiger partial charge on any atom is -0.324 e. The van der Waals surface area contributed by atoms with Gasteiger partial charge in [0.25, 0.3) is 0 Å². The standard InChI is InChI=1S/C23H17Cl2N3O2/c1-14-7-9-17(12-19(14)25)26-21(29)13-28-20-10-8-16(24)11-18(20)22(27-23(28)30)15-5-3-2-4-6-15/h2-12H,13H2,1H3,(H,26,29). The second-order valence-corrected chi connectivity index (χ2v) is 7.71. The number of carbonyl (C=O) groups is 1. The number of fused-ring (bicyclic) bond motifs is 1. The van der Waals surface area contributed by atoms with Crippen molar-refractivity contribution in [3.8, 4) is 11.3 Å². The molecule has 7 heteroatoms. The van der Waals surface area contributed by atoms with Crippen LogP contribution in [0.3, 0.4) is 0 Å². The molecular formula is C23H17Cl2N3O2. The summed E-state index contributed by atoms with van der Waals surface area (Å²) >= 11 is 12.3. The van der Waals surface area contributed by atoms with Crippen LogP contribution in [0.1, 0.15) is 5.56 Å². The first-order valence-corrected chi connectivity index (χ1v) is 9.99. The fourth-order valence-corrected chi connectivity index (χ4v) is 3.59. The molecule has 0 fully saturated rings.